The highest BCUT2D eigenvalue weighted by Crippen LogP contribution is 2.28. The first kappa shape index (κ1) is 36.5. The number of nitrogens with one attached hydrogen (secondary N) is 1. The predicted molar refractivity (Wildman–Crippen MR) is 196 cm³/mol. The number of anilines is 1. The molecule has 0 aliphatic heterocycles. The van der Waals surface area contributed by atoms with Crippen LogP contribution in [-0.2, 0) is 32.6 Å². The molecule has 9 nitrogen and oxygen atoms in total. The number of amides is 2. The van der Waals surface area contributed by atoms with Crippen molar-refractivity contribution in [1.29, 1.82) is 0 Å². The standard InChI is InChI=1S/C40H47N3O6S/c1-4-49-35-22-20-34(21-23-35)43(50(46,47)37-24-18-30(2)19-25-37)29-39(44)42(28-32-14-11-17-36(26-32)48-3)38(27-31-12-7-5-8-13-31)40(45)41-33-15-9-6-10-16-33/h5,7-8,11-14,17-26,33,38H,4,6,9-10,15-16,27-29H2,1-3H3,(H,41,45)/t38-/m0/s1. The molecule has 1 saturated carbocycles. The maximum atomic E-state index is 14.8. The number of hydrogen-bond acceptors (Lipinski definition) is 6. The Morgan fingerprint density at radius 2 is 1.52 bits per heavy atom. The van der Waals surface area contributed by atoms with Crippen LogP contribution < -0.4 is 19.1 Å². The Balaban J connectivity index is 1.57. The van der Waals surface area contributed by atoms with E-state index in [1.54, 1.807) is 55.6 Å². The number of nitrogens with zero attached hydrogens (tertiary/aromatic N) is 2. The molecule has 1 aliphatic carbocycles. The summed E-state index contributed by atoms with van der Waals surface area (Å²) in [5.41, 5.74) is 2.84. The fourth-order valence-corrected chi connectivity index (χ4v) is 7.72. The molecule has 1 fully saturated rings. The van der Waals surface area contributed by atoms with Crippen LogP contribution in [0, 0.1) is 6.92 Å². The van der Waals surface area contributed by atoms with Crippen molar-refractivity contribution in [2.75, 3.05) is 24.6 Å². The lowest BCUT2D eigenvalue weighted by Crippen LogP contribution is -2.55. The molecule has 0 radical (unpaired) electrons. The smallest absolute Gasteiger partial charge is 0.264 e. The molecule has 50 heavy (non-hydrogen) atoms. The highest BCUT2D eigenvalue weighted by atomic mass is 32.2. The van der Waals surface area contributed by atoms with Gasteiger partial charge < -0.3 is 19.7 Å². The van der Waals surface area contributed by atoms with Crippen LogP contribution in [0.5, 0.6) is 11.5 Å². The van der Waals surface area contributed by atoms with Crippen molar-refractivity contribution in [3.05, 3.63) is 120 Å². The molecule has 0 aromatic heterocycles. The van der Waals surface area contributed by atoms with Gasteiger partial charge in [-0.3, -0.25) is 13.9 Å². The number of ether oxygens (including phenoxy) is 2. The van der Waals surface area contributed by atoms with Gasteiger partial charge in [-0.25, -0.2) is 8.42 Å². The van der Waals surface area contributed by atoms with Crippen molar-refractivity contribution >= 4 is 27.5 Å². The van der Waals surface area contributed by atoms with Crippen LogP contribution in [0.15, 0.2) is 108 Å². The van der Waals surface area contributed by atoms with E-state index in [0.717, 1.165) is 53.1 Å². The summed E-state index contributed by atoms with van der Waals surface area (Å²) in [6, 6.07) is 29.2. The molecular formula is C40H47N3O6S. The molecule has 0 unspecified atom stereocenters. The largest absolute Gasteiger partial charge is 0.497 e. The number of sulfonamides is 1. The lowest BCUT2D eigenvalue weighted by Gasteiger charge is -2.35. The molecule has 1 atom stereocenters. The van der Waals surface area contributed by atoms with Crippen molar-refractivity contribution in [2.45, 2.75) is 75.9 Å². The van der Waals surface area contributed by atoms with Crippen LogP contribution in [0.2, 0.25) is 0 Å². The zero-order valence-electron chi connectivity index (χ0n) is 29.1. The highest BCUT2D eigenvalue weighted by molar-refractivity contribution is 7.92. The van der Waals surface area contributed by atoms with Gasteiger partial charge >= 0.3 is 0 Å². The number of rotatable bonds is 15. The first-order valence-electron chi connectivity index (χ1n) is 17.3. The van der Waals surface area contributed by atoms with Crippen LogP contribution >= 0.6 is 0 Å². The van der Waals surface area contributed by atoms with Gasteiger partial charge in [0.15, 0.2) is 0 Å². The van der Waals surface area contributed by atoms with Gasteiger partial charge in [-0.1, -0.05) is 79.4 Å². The van der Waals surface area contributed by atoms with E-state index in [9.17, 15) is 18.0 Å². The van der Waals surface area contributed by atoms with Crippen molar-refractivity contribution < 1.29 is 27.5 Å². The monoisotopic (exact) mass is 697 g/mol. The molecule has 10 heteroatoms. The lowest BCUT2D eigenvalue weighted by molar-refractivity contribution is -0.140. The fourth-order valence-electron chi connectivity index (χ4n) is 6.31. The zero-order chi connectivity index (χ0) is 35.5. The maximum Gasteiger partial charge on any atom is 0.264 e. The Hall–Kier alpha value is -4.83. The molecule has 5 rings (SSSR count). The van der Waals surface area contributed by atoms with E-state index < -0.39 is 28.5 Å². The van der Waals surface area contributed by atoms with E-state index in [0.29, 0.717) is 23.8 Å². The summed E-state index contributed by atoms with van der Waals surface area (Å²) in [5.74, 6) is 0.416. The average molecular weight is 698 g/mol. The van der Waals surface area contributed by atoms with Gasteiger partial charge in [0.1, 0.15) is 24.1 Å². The molecule has 1 aliphatic rings. The van der Waals surface area contributed by atoms with E-state index >= 15 is 0 Å². The molecule has 264 valence electrons. The third-order valence-corrected chi connectivity index (χ3v) is 10.8. The number of benzene rings is 4. The van der Waals surface area contributed by atoms with Gasteiger partial charge in [0.2, 0.25) is 11.8 Å². The van der Waals surface area contributed by atoms with Crippen LogP contribution in [0.1, 0.15) is 55.7 Å². The molecule has 4 aromatic carbocycles. The van der Waals surface area contributed by atoms with Gasteiger partial charge in [-0.15, -0.1) is 0 Å². The normalized spacial score (nSPS) is 14.0. The second kappa shape index (κ2) is 17.2. The second-order valence-corrected chi connectivity index (χ2v) is 14.5. The second-order valence-electron chi connectivity index (χ2n) is 12.7. The van der Waals surface area contributed by atoms with E-state index in [-0.39, 0.29) is 29.8 Å². The lowest BCUT2D eigenvalue weighted by atomic mass is 9.94. The summed E-state index contributed by atoms with van der Waals surface area (Å²) in [6.07, 6.45) is 5.23. The molecule has 0 saturated heterocycles. The summed E-state index contributed by atoms with van der Waals surface area (Å²) in [7, 11) is -2.64. The van der Waals surface area contributed by atoms with Gasteiger partial charge in [-0.05, 0) is 86.3 Å². The van der Waals surface area contributed by atoms with E-state index in [1.165, 1.54) is 4.90 Å². The molecule has 4 aromatic rings. The van der Waals surface area contributed by atoms with Crippen molar-refractivity contribution in [1.82, 2.24) is 10.2 Å². The first-order chi connectivity index (χ1) is 24.2. The molecule has 1 N–H and O–H groups in total. The molecular weight excluding hydrogens is 651 g/mol. The highest BCUT2D eigenvalue weighted by Gasteiger charge is 2.35. The zero-order valence-corrected chi connectivity index (χ0v) is 29.9. The van der Waals surface area contributed by atoms with Crippen molar-refractivity contribution in [3.63, 3.8) is 0 Å². The summed E-state index contributed by atoms with van der Waals surface area (Å²) < 4.78 is 40.9. The van der Waals surface area contributed by atoms with Crippen molar-refractivity contribution in [3.8, 4) is 11.5 Å². The number of carbonyl (C=O) groups is 2. The summed E-state index contributed by atoms with van der Waals surface area (Å²) >= 11 is 0. The summed E-state index contributed by atoms with van der Waals surface area (Å²) in [5, 5.41) is 3.24. The van der Waals surface area contributed by atoms with Crippen LogP contribution in [-0.4, -0.2) is 57.5 Å². The van der Waals surface area contributed by atoms with Gasteiger partial charge in [0, 0.05) is 19.0 Å². The van der Waals surface area contributed by atoms with Crippen molar-refractivity contribution in [2.24, 2.45) is 0 Å². The summed E-state index contributed by atoms with van der Waals surface area (Å²) in [6.45, 7) is 3.73. The van der Waals surface area contributed by atoms with Crippen LogP contribution in [0.25, 0.3) is 0 Å². The molecule has 0 heterocycles. The third-order valence-electron chi connectivity index (χ3n) is 9.03. The minimum absolute atomic E-state index is 0.0190. The van der Waals surface area contributed by atoms with Crippen LogP contribution in [0.4, 0.5) is 5.69 Å². The van der Waals surface area contributed by atoms with Gasteiger partial charge in [0.25, 0.3) is 10.0 Å². The van der Waals surface area contributed by atoms with Gasteiger partial charge in [-0.2, -0.15) is 0 Å². The Morgan fingerprint density at radius 1 is 0.840 bits per heavy atom. The third kappa shape index (κ3) is 9.44. The number of methoxy groups -OCH3 is 1. The Kier molecular flexibility index (Phi) is 12.5. The van der Waals surface area contributed by atoms with E-state index in [4.69, 9.17) is 9.47 Å². The fraction of sp³-hybridized carbons (Fsp3) is 0.350. The Morgan fingerprint density at radius 3 is 2.18 bits per heavy atom. The number of hydrogen-bond donors (Lipinski definition) is 1. The Labute approximate surface area is 296 Å². The first-order valence-corrected chi connectivity index (χ1v) is 18.7. The minimum atomic E-state index is -4.21. The number of carbonyl (C=O) groups excluding carboxylic acids is 2. The SMILES string of the molecule is CCOc1ccc(N(CC(=O)N(Cc2cccc(OC)c2)[C@@H](Cc2ccccc2)C(=O)NC2CCCCC2)S(=O)(=O)c2ccc(C)cc2)cc1. The molecule has 2 amide bonds. The minimum Gasteiger partial charge on any atom is -0.497 e. The van der Waals surface area contributed by atoms with Crippen LogP contribution in [0.3, 0.4) is 0 Å². The quantitative estimate of drug-likeness (QED) is 0.149. The maximum absolute atomic E-state index is 14.8. The van der Waals surface area contributed by atoms with E-state index in [1.807, 2.05) is 68.4 Å². The molecule has 0 spiro atoms. The topological polar surface area (TPSA) is 105 Å². The number of aryl methyl sites for hydroxylation is 1. The molecule has 0 bridgehead atoms. The van der Waals surface area contributed by atoms with Gasteiger partial charge in [0.05, 0.1) is 24.3 Å². The average Bonchev–Trinajstić information content (AvgIpc) is 3.13. The predicted octanol–water partition coefficient (Wildman–Crippen LogP) is 6.69. The summed E-state index contributed by atoms with van der Waals surface area (Å²) in [4.78, 5) is 30.7. The Bertz CT molecular complexity index is 1810. The van der Waals surface area contributed by atoms with E-state index in [2.05, 4.69) is 5.32 Å².